The molecule has 0 radical (unpaired) electrons. The van der Waals surface area contributed by atoms with Crippen molar-refractivity contribution in [1.29, 1.82) is 0 Å². The topological polar surface area (TPSA) is 15.3 Å². The summed E-state index contributed by atoms with van der Waals surface area (Å²) in [6, 6.07) is 16.0. The van der Waals surface area contributed by atoms with Crippen molar-refractivity contribution >= 4 is 10.8 Å². The predicted molar refractivity (Wildman–Crippen MR) is 102 cm³/mol. The average Bonchev–Trinajstić information content (AvgIpc) is 2.58. The summed E-state index contributed by atoms with van der Waals surface area (Å²) in [6.45, 7) is 10.5. The molecule has 0 saturated carbocycles. The van der Waals surface area contributed by atoms with Crippen molar-refractivity contribution in [3.05, 3.63) is 60.7 Å². The summed E-state index contributed by atoms with van der Waals surface area (Å²) in [5.74, 6) is 0. The molecule has 0 spiro atoms. The molecule has 23 heavy (non-hydrogen) atoms. The van der Waals surface area contributed by atoms with Gasteiger partial charge in [0, 0.05) is 18.6 Å². The second-order valence-electron chi connectivity index (χ2n) is 6.36. The summed E-state index contributed by atoms with van der Waals surface area (Å²) >= 11 is 0. The lowest BCUT2D eigenvalue weighted by molar-refractivity contribution is 0.232. The van der Waals surface area contributed by atoms with E-state index in [-0.39, 0.29) is 0 Å². The Balaban J connectivity index is 2.07. The van der Waals surface area contributed by atoms with Gasteiger partial charge in [0.1, 0.15) is 0 Å². The molecule has 0 saturated heterocycles. The molecule has 0 bridgehead atoms. The van der Waals surface area contributed by atoms with Crippen molar-refractivity contribution in [3.8, 4) is 0 Å². The van der Waals surface area contributed by atoms with E-state index >= 15 is 0 Å². The molecule has 0 aliphatic carbocycles. The fourth-order valence-electron chi connectivity index (χ4n) is 3.20. The van der Waals surface area contributed by atoms with Crippen LogP contribution in [0.25, 0.3) is 10.8 Å². The zero-order chi connectivity index (χ0) is 16.7. The third kappa shape index (κ3) is 4.66. The zero-order valence-electron chi connectivity index (χ0n) is 14.8. The Labute approximate surface area is 141 Å². The van der Waals surface area contributed by atoms with Crippen molar-refractivity contribution in [2.75, 3.05) is 20.1 Å². The van der Waals surface area contributed by atoms with Gasteiger partial charge in [-0.2, -0.15) is 0 Å². The number of hydrogen-bond acceptors (Lipinski definition) is 2. The van der Waals surface area contributed by atoms with E-state index in [9.17, 15) is 0 Å². The van der Waals surface area contributed by atoms with Crippen LogP contribution in [0, 0.1) is 0 Å². The van der Waals surface area contributed by atoms with Gasteiger partial charge in [-0.25, -0.2) is 0 Å². The number of nitrogens with zero attached hydrogens (tertiary/aromatic N) is 1. The van der Waals surface area contributed by atoms with E-state index in [0.717, 1.165) is 19.5 Å². The Morgan fingerprint density at radius 1 is 1.17 bits per heavy atom. The molecule has 0 aliphatic heterocycles. The van der Waals surface area contributed by atoms with Crippen LogP contribution in [0.3, 0.4) is 0 Å². The number of rotatable bonds is 9. The van der Waals surface area contributed by atoms with E-state index in [4.69, 9.17) is 0 Å². The molecule has 2 aromatic carbocycles. The van der Waals surface area contributed by atoms with Gasteiger partial charge in [-0.05, 0) is 49.7 Å². The zero-order valence-corrected chi connectivity index (χ0v) is 14.8. The highest BCUT2D eigenvalue weighted by atomic mass is 15.1. The van der Waals surface area contributed by atoms with E-state index < -0.39 is 0 Å². The molecule has 2 heteroatoms. The molecule has 2 atom stereocenters. The second kappa shape index (κ2) is 8.85. The summed E-state index contributed by atoms with van der Waals surface area (Å²) in [6.07, 6.45) is 4.23. The first-order valence-electron chi connectivity index (χ1n) is 8.69. The molecule has 0 aromatic heterocycles. The minimum atomic E-state index is 0.337. The van der Waals surface area contributed by atoms with Gasteiger partial charge in [0.05, 0.1) is 0 Å². The van der Waals surface area contributed by atoms with Crippen molar-refractivity contribution in [3.63, 3.8) is 0 Å². The lowest BCUT2D eigenvalue weighted by Gasteiger charge is -2.29. The van der Waals surface area contributed by atoms with Crippen LogP contribution in [-0.4, -0.2) is 31.1 Å². The first kappa shape index (κ1) is 17.7. The van der Waals surface area contributed by atoms with Crippen LogP contribution in [0.2, 0.25) is 0 Å². The third-order valence-electron chi connectivity index (χ3n) is 4.59. The molecule has 2 aromatic rings. The van der Waals surface area contributed by atoms with Crippen molar-refractivity contribution < 1.29 is 0 Å². The van der Waals surface area contributed by atoms with Crippen LogP contribution in [-0.2, 0) is 0 Å². The van der Waals surface area contributed by atoms with Crippen LogP contribution in [0.15, 0.2) is 55.1 Å². The van der Waals surface area contributed by atoms with E-state index in [2.05, 4.69) is 80.2 Å². The minimum absolute atomic E-state index is 0.337. The molecule has 0 heterocycles. The molecule has 2 rings (SSSR count). The van der Waals surface area contributed by atoms with Gasteiger partial charge < -0.3 is 10.2 Å². The van der Waals surface area contributed by atoms with E-state index in [0.29, 0.717) is 12.1 Å². The molecule has 0 aliphatic rings. The smallest absolute Gasteiger partial charge is 0.0298 e. The summed E-state index contributed by atoms with van der Waals surface area (Å²) < 4.78 is 0. The fraction of sp³-hybridized carbons (Fsp3) is 0.429. The van der Waals surface area contributed by atoms with Gasteiger partial charge in [0.25, 0.3) is 0 Å². The molecular weight excluding hydrogens is 280 g/mol. The van der Waals surface area contributed by atoms with Crippen molar-refractivity contribution in [2.24, 2.45) is 0 Å². The summed E-state index contributed by atoms with van der Waals surface area (Å²) in [7, 11) is 2.21. The Bertz CT molecular complexity index is 615. The summed E-state index contributed by atoms with van der Waals surface area (Å²) in [4.78, 5) is 2.44. The van der Waals surface area contributed by atoms with Gasteiger partial charge in [0.15, 0.2) is 0 Å². The number of likely N-dealkylation sites (N-methyl/N-ethyl adjacent to an activating group) is 1. The number of hydrogen-bond donors (Lipinski definition) is 1. The Hall–Kier alpha value is -1.64. The van der Waals surface area contributed by atoms with E-state index in [1.54, 1.807) is 0 Å². The third-order valence-corrected chi connectivity index (χ3v) is 4.59. The first-order valence-corrected chi connectivity index (χ1v) is 8.69. The van der Waals surface area contributed by atoms with Crippen LogP contribution < -0.4 is 5.32 Å². The maximum Gasteiger partial charge on any atom is 0.0298 e. The monoisotopic (exact) mass is 310 g/mol. The van der Waals surface area contributed by atoms with Crippen LogP contribution in [0.1, 0.15) is 38.3 Å². The van der Waals surface area contributed by atoms with Crippen LogP contribution >= 0.6 is 0 Å². The largest absolute Gasteiger partial charge is 0.309 e. The Morgan fingerprint density at radius 3 is 2.65 bits per heavy atom. The predicted octanol–water partition coefficient (Wildman–Crippen LogP) is 4.78. The quantitative estimate of drug-likeness (QED) is 0.671. The SMILES string of the molecule is C=CCC(CNC(C)c1cccc2ccccc12)N(C)CCC. The second-order valence-corrected chi connectivity index (χ2v) is 6.36. The highest BCUT2D eigenvalue weighted by Gasteiger charge is 2.15. The summed E-state index contributed by atoms with van der Waals surface area (Å²) in [5, 5.41) is 6.38. The number of fused-ring (bicyclic) bond motifs is 1. The Morgan fingerprint density at radius 2 is 1.91 bits per heavy atom. The highest BCUT2D eigenvalue weighted by Crippen LogP contribution is 2.24. The maximum absolute atomic E-state index is 3.91. The highest BCUT2D eigenvalue weighted by molar-refractivity contribution is 5.86. The lowest BCUT2D eigenvalue weighted by atomic mass is 9.99. The minimum Gasteiger partial charge on any atom is -0.309 e. The molecule has 1 N–H and O–H groups in total. The molecule has 124 valence electrons. The molecule has 0 fully saturated rings. The van der Waals surface area contributed by atoms with Gasteiger partial charge in [-0.15, -0.1) is 6.58 Å². The lowest BCUT2D eigenvalue weighted by Crippen LogP contribution is -2.40. The average molecular weight is 310 g/mol. The van der Waals surface area contributed by atoms with Crippen LogP contribution in [0.4, 0.5) is 0 Å². The van der Waals surface area contributed by atoms with E-state index in [1.807, 2.05) is 6.08 Å². The first-order chi connectivity index (χ1) is 11.2. The normalized spacial score (nSPS) is 14.1. The standard InChI is InChI=1S/C21H30N2/c1-5-10-19(23(4)15-6-2)16-22-17(3)20-14-9-12-18-11-7-8-13-21(18)20/h5,7-9,11-14,17,19,22H,1,6,10,15-16H2,2-4H3. The van der Waals surface area contributed by atoms with Gasteiger partial charge >= 0.3 is 0 Å². The molecule has 2 nitrogen and oxygen atoms in total. The van der Waals surface area contributed by atoms with Gasteiger partial charge in [-0.1, -0.05) is 55.5 Å². The van der Waals surface area contributed by atoms with Gasteiger partial charge in [-0.3, -0.25) is 0 Å². The van der Waals surface area contributed by atoms with Crippen LogP contribution in [0.5, 0.6) is 0 Å². The maximum atomic E-state index is 3.91. The molecule has 0 amide bonds. The summed E-state index contributed by atoms with van der Waals surface area (Å²) in [5.41, 5.74) is 1.37. The molecule has 2 unspecified atom stereocenters. The van der Waals surface area contributed by atoms with E-state index in [1.165, 1.54) is 22.8 Å². The number of benzene rings is 2. The van der Waals surface area contributed by atoms with Crippen molar-refractivity contribution in [1.82, 2.24) is 10.2 Å². The Kier molecular flexibility index (Phi) is 6.82. The van der Waals surface area contributed by atoms with Crippen molar-refractivity contribution in [2.45, 2.75) is 38.8 Å². The fourth-order valence-corrected chi connectivity index (χ4v) is 3.20. The number of nitrogens with one attached hydrogen (secondary N) is 1. The molecular formula is C21H30N2. The van der Waals surface area contributed by atoms with Gasteiger partial charge in [0.2, 0.25) is 0 Å².